The summed E-state index contributed by atoms with van der Waals surface area (Å²) in [7, 11) is 5.76. The molecule has 0 aliphatic carbocycles. The van der Waals surface area contributed by atoms with E-state index in [-0.39, 0.29) is 12.1 Å². The Morgan fingerprint density at radius 2 is 1.00 bits per heavy atom. The van der Waals surface area contributed by atoms with Crippen molar-refractivity contribution in [2.24, 2.45) is 0 Å². The fraction of sp³-hybridized carbons (Fsp3) is 0.294. The number of anilines is 4. The van der Waals surface area contributed by atoms with E-state index in [1.54, 1.807) is 23.5 Å². The van der Waals surface area contributed by atoms with Gasteiger partial charge in [-0.2, -0.15) is 0 Å². The van der Waals surface area contributed by atoms with E-state index >= 15 is 0 Å². The monoisotopic (exact) mass is 645 g/mol. The molecule has 10 heteroatoms. The lowest BCUT2D eigenvalue weighted by Gasteiger charge is -2.38. The van der Waals surface area contributed by atoms with Crippen molar-refractivity contribution in [1.82, 2.24) is 9.80 Å². The maximum atomic E-state index is 13.8. The third-order valence-corrected chi connectivity index (χ3v) is 10.5. The number of rotatable bonds is 10. The average Bonchev–Trinajstić information content (AvgIpc) is 2.98. The lowest BCUT2D eigenvalue weighted by molar-refractivity contribution is 0.376. The molecule has 6 rings (SSSR count). The van der Waals surface area contributed by atoms with Crippen molar-refractivity contribution in [1.29, 1.82) is 0 Å². The van der Waals surface area contributed by atoms with Gasteiger partial charge < -0.3 is 19.6 Å². The number of hydrogen-bond acceptors (Lipinski definition) is 9. The fourth-order valence-corrected chi connectivity index (χ4v) is 8.92. The molecule has 2 unspecified atom stereocenters. The van der Waals surface area contributed by atoms with E-state index in [0.29, 0.717) is 11.5 Å². The van der Waals surface area contributed by atoms with Crippen molar-refractivity contribution in [2.45, 2.75) is 45.5 Å². The number of hydrogen-bond donors (Lipinski definition) is 0. The third kappa shape index (κ3) is 6.17. The maximum Gasteiger partial charge on any atom is 0.805 e. The highest BCUT2D eigenvalue weighted by Crippen LogP contribution is 2.56. The molecule has 2 aliphatic heterocycles. The Balaban J connectivity index is 1.34. The first-order chi connectivity index (χ1) is 21.2. The highest BCUT2D eigenvalue weighted by molar-refractivity contribution is 8.00. The van der Waals surface area contributed by atoms with Gasteiger partial charge in [0.15, 0.2) is 0 Å². The van der Waals surface area contributed by atoms with Gasteiger partial charge in [0.05, 0.1) is 11.4 Å². The van der Waals surface area contributed by atoms with Crippen LogP contribution >= 0.6 is 31.8 Å². The normalized spacial score (nSPS) is 15.2. The van der Waals surface area contributed by atoms with Crippen LogP contribution in [0.5, 0.6) is 11.5 Å². The van der Waals surface area contributed by atoms with Crippen LogP contribution in [-0.2, 0) is 4.57 Å². The quantitative estimate of drug-likeness (QED) is 0.157. The Morgan fingerprint density at radius 3 is 1.41 bits per heavy atom. The van der Waals surface area contributed by atoms with Crippen molar-refractivity contribution in [3.8, 4) is 11.5 Å². The Hall–Kier alpha value is -3.20. The predicted molar refractivity (Wildman–Crippen MR) is 183 cm³/mol. The largest absolute Gasteiger partial charge is 0.805 e. The summed E-state index contributed by atoms with van der Waals surface area (Å²) in [6.45, 7) is 6.09. The van der Waals surface area contributed by atoms with Gasteiger partial charge in [0.2, 0.25) is 11.5 Å². The van der Waals surface area contributed by atoms with Crippen LogP contribution in [-0.4, -0.2) is 63.2 Å². The van der Waals surface area contributed by atoms with Crippen LogP contribution in [0.4, 0.5) is 22.7 Å². The Labute approximate surface area is 270 Å². The van der Waals surface area contributed by atoms with E-state index in [0.717, 1.165) is 45.6 Å². The highest BCUT2D eigenvalue weighted by atomic mass is 32.2. The summed E-state index contributed by atoms with van der Waals surface area (Å²) in [6, 6.07) is 29.0. The molecule has 0 fully saturated rings. The molecule has 228 valence electrons. The summed E-state index contributed by atoms with van der Waals surface area (Å²) < 4.78 is 26.2. The maximum absolute atomic E-state index is 13.8. The molecule has 2 aliphatic rings. The minimum absolute atomic E-state index is 0.138. The van der Waals surface area contributed by atoms with Crippen LogP contribution < -0.4 is 18.8 Å². The first-order valence-electron chi connectivity index (χ1n) is 14.7. The fourth-order valence-electron chi connectivity index (χ4n) is 6.07. The molecule has 0 N–H and O–H groups in total. The van der Waals surface area contributed by atoms with Gasteiger partial charge in [-0.05, 0) is 90.6 Å². The molecule has 4 aromatic carbocycles. The van der Waals surface area contributed by atoms with E-state index in [4.69, 9.17) is 9.05 Å². The van der Waals surface area contributed by atoms with E-state index in [1.807, 2.05) is 24.3 Å². The zero-order valence-corrected chi connectivity index (χ0v) is 28.5. The second-order valence-corrected chi connectivity index (χ2v) is 14.7. The first-order valence-corrected chi connectivity index (χ1v) is 17.4. The van der Waals surface area contributed by atoms with E-state index < -0.39 is 8.25 Å². The van der Waals surface area contributed by atoms with Crippen LogP contribution in [0.25, 0.3) is 0 Å². The Bertz CT molecular complexity index is 1560. The van der Waals surface area contributed by atoms with Gasteiger partial charge in [-0.25, -0.2) is 9.05 Å². The van der Waals surface area contributed by atoms with Crippen LogP contribution in [0, 0.1) is 0 Å². The SMILES string of the molecule is CC(CN(C)C)N1c2ccccc2Sc2cccc(O[P+](=O)Oc3cccc4c3N(C(C)CN(C)C)c3ccccc3S4)c21. The average molecular weight is 646 g/mol. The zero-order chi connectivity index (χ0) is 31.0. The van der Waals surface area contributed by atoms with Crippen molar-refractivity contribution in [3.05, 3.63) is 84.9 Å². The van der Waals surface area contributed by atoms with Gasteiger partial charge >= 0.3 is 8.25 Å². The molecule has 0 aromatic heterocycles. The standard InChI is InChI=1S/C34H38N4O3PS2/c1-23(21-35(3)4)37-25-13-7-9-17-29(25)43-31-19-11-15-27(33(31)37)40-42(39)41-28-16-12-20-32-34(28)38(24(2)22-36(5)6)26-14-8-10-18-30(26)44-32/h7-20,23-24H,21-22H2,1-6H3/q+1. The Morgan fingerprint density at radius 1 is 0.614 bits per heavy atom. The van der Waals surface area contributed by atoms with Gasteiger partial charge in [-0.3, -0.25) is 0 Å². The molecule has 0 radical (unpaired) electrons. The van der Waals surface area contributed by atoms with E-state index in [1.165, 1.54) is 9.79 Å². The lowest BCUT2D eigenvalue weighted by atomic mass is 10.1. The van der Waals surface area contributed by atoms with Gasteiger partial charge in [-0.15, -0.1) is 0 Å². The van der Waals surface area contributed by atoms with Crippen molar-refractivity contribution < 1.29 is 13.6 Å². The van der Waals surface area contributed by atoms with Crippen molar-refractivity contribution in [2.75, 3.05) is 51.1 Å². The van der Waals surface area contributed by atoms with Gasteiger partial charge in [0.25, 0.3) is 0 Å². The van der Waals surface area contributed by atoms with Gasteiger partial charge in [-0.1, -0.05) is 59.9 Å². The number of likely N-dealkylation sites (N-methyl/N-ethyl adjacent to an activating group) is 2. The second-order valence-electron chi connectivity index (χ2n) is 11.7. The first kappa shape index (κ1) is 30.8. The van der Waals surface area contributed by atoms with Gasteiger partial charge in [0, 0.05) is 49.3 Å². The topological polar surface area (TPSA) is 48.5 Å². The molecular formula is C34H38N4O3PS2+. The molecule has 0 spiro atoms. The number of fused-ring (bicyclic) bond motifs is 4. The number of nitrogens with zero attached hydrogens (tertiary/aromatic N) is 4. The molecule has 0 amide bonds. The molecule has 0 saturated heterocycles. The summed E-state index contributed by atoms with van der Waals surface area (Å²) in [5.74, 6) is 1.08. The lowest BCUT2D eigenvalue weighted by Crippen LogP contribution is -2.38. The van der Waals surface area contributed by atoms with Crippen LogP contribution in [0.1, 0.15) is 13.8 Å². The Kier molecular flexibility index (Phi) is 9.13. The molecule has 0 saturated carbocycles. The third-order valence-electron chi connectivity index (χ3n) is 7.58. The second kappa shape index (κ2) is 13.0. The molecule has 4 aromatic rings. The highest BCUT2D eigenvalue weighted by Gasteiger charge is 2.37. The number of benzene rings is 4. The smallest absolute Gasteiger partial charge is 0.332 e. The summed E-state index contributed by atoms with van der Waals surface area (Å²) >= 11 is 3.41. The summed E-state index contributed by atoms with van der Waals surface area (Å²) in [5.41, 5.74) is 4.06. The molecule has 44 heavy (non-hydrogen) atoms. The van der Waals surface area contributed by atoms with Crippen LogP contribution in [0.3, 0.4) is 0 Å². The molecule has 7 nitrogen and oxygen atoms in total. The van der Waals surface area contributed by atoms with Crippen molar-refractivity contribution >= 4 is 54.5 Å². The minimum atomic E-state index is -2.55. The van der Waals surface area contributed by atoms with E-state index in [2.05, 4.69) is 122 Å². The van der Waals surface area contributed by atoms with Crippen LogP contribution in [0.15, 0.2) is 105 Å². The zero-order valence-electron chi connectivity index (χ0n) is 25.9. The minimum Gasteiger partial charge on any atom is -0.332 e. The summed E-state index contributed by atoms with van der Waals surface area (Å²) in [6.07, 6.45) is 0. The van der Waals surface area contributed by atoms with Crippen molar-refractivity contribution in [3.63, 3.8) is 0 Å². The number of para-hydroxylation sites is 4. The molecule has 2 atom stereocenters. The predicted octanol–water partition coefficient (Wildman–Crippen LogP) is 8.91. The molecule has 0 bridgehead atoms. The summed E-state index contributed by atoms with van der Waals surface area (Å²) in [4.78, 5) is 13.5. The molecule has 2 heterocycles. The van der Waals surface area contributed by atoms with Gasteiger partial charge in [0.1, 0.15) is 11.4 Å². The summed E-state index contributed by atoms with van der Waals surface area (Å²) in [5, 5.41) is 0. The molecular weight excluding hydrogens is 608 g/mol. The van der Waals surface area contributed by atoms with Crippen LogP contribution in [0.2, 0.25) is 0 Å². The van der Waals surface area contributed by atoms with E-state index in [9.17, 15) is 4.57 Å².